The summed E-state index contributed by atoms with van der Waals surface area (Å²) in [6.45, 7) is 1.11. The first-order valence-corrected chi connectivity index (χ1v) is 7.56. The Bertz CT molecular complexity index is 728. The third-order valence-corrected chi connectivity index (χ3v) is 4.01. The smallest absolute Gasteiger partial charge is 0.306 e. The van der Waals surface area contributed by atoms with E-state index < -0.39 is 17.6 Å². The van der Waals surface area contributed by atoms with Gasteiger partial charge in [0, 0.05) is 19.3 Å². The van der Waals surface area contributed by atoms with Gasteiger partial charge in [-0.15, -0.1) is 0 Å². The number of benzene rings is 1. The number of aromatic nitrogens is 2. The van der Waals surface area contributed by atoms with Crippen molar-refractivity contribution in [2.45, 2.75) is 12.8 Å². The SMILES string of the molecule is O=C(O)C1CCN(c2ccnc(Nc3c(F)cccc3F)n2)CC1. The van der Waals surface area contributed by atoms with Crippen LogP contribution in [0.2, 0.25) is 0 Å². The Kier molecular flexibility index (Phi) is 4.54. The standard InChI is InChI=1S/C16H16F2N4O2/c17-11-2-1-3-12(18)14(11)21-16-19-7-4-13(20-16)22-8-5-10(6-9-22)15(23)24/h1-4,7,10H,5-6,8-9H2,(H,23,24)(H,19,20,21). The third kappa shape index (κ3) is 3.42. The van der Waals surface area contributed by atoms with Crippen LogP contribution in [0.15, 0.2) is 30.5 Å². The van der Waals surface area contributed by atoms with Crippen LogP contribution in [0.1, 0.15) is 12.8 Å². The Morgan fingerprint density at radius 3 is 2.50 bits per heavy atom. The molecular formula is C16H16F2N4O2. The number of nitrogens with one attached hydrogen (secondary N) is 1. The largest absolute Gasteiger partial charge is 0.481 e. The molecule has 1 saturated heterocycles. The third-order valence-electron chi connectivity index (χ3n) is 4.01. The van der Waals surface area contributed by atoms with Crippen LogP contribution in [0.3, 0.4) is 0 Å². The number of carboxylic acid groups (broad SMARTS) is 1. The van der Waals surface area contributed by atoms with Crippen molar-refractivity contribution in [3.05, 3.63) is 42.1 Å². The highest BCUT2D eigenvalue weighted by Gasteiger charge is 2.25. The predicted octanol–water partition coefficient (Wildman–Crippen LogP) is 2.80. The number of aliphatic carboxylic acids is 1. The van der Waals surface area contributed by atoms with E-state index in [1.807, 2.05) is 4.90 Å². The topological polar surface area (TPSA) is 78.3 Å². The average molecular weight is 334 g/mol. The number of piperidine rings is 1. The summed E-state index contributed by atoms with van der Waals surface area (Å²) in [5, 5.41) is 11.6. The first kappa shape index (κ1) is 16.1. The molecule has 0 aliphatic carbocycles. The lowest BCUT2D eigenvalue weighted by Gasteiger charge is -2.31. The molecule has 0 radical (unpaired) electrons. The second-order valence-corrected chi connectivity index (χ2v) is 5.56. The molecule has 126 valence electrons. The molecule has 2 heterocycles. The van der Waals surface area contributed by atoms with Crippen molar-refractivity contribution >= 4 is 23.4 Å². The van der Waals surface area contributed by atoms with Crippen molar-refractivity contribution in [1.29, 1.82) is 0 Å². The molecule has 0 bridgehead atoms. The maximum atomic E-state index is 13.7. The summed E-state index contributed by atoms with van der Waals surface area (Å²) in [5.74, 6) is -1.91. The number of hydrogen-bond acceptors (Lipinski definition) is 5. The van der Waals surface area contributed by atoms with E-state index in [9.17, 15) is 13.6 Å². The number of para-hydroxylation sites is 1. The predicted molar refractivity (Wildman–Crippen MR) is 84.2 cm³/mol. The lowest BCUT2D eigenvalue weighted by molar-refractivity contribution is -0.142. The maximum absolute atomic E-state index is 13.7. The highest BCUT2D eigenvalue weighted by molar-refractivity contribution is 5.70. The highest BCUT2D eigenvalue weighted by Crippen LogP contribution is 2.25. The Balaban J connectivity index is 1.74. The lowest BCUT2D eigenvalue weighted by atomic mass is 9.97. The molecular weight excluding hydrogens is 318 g/mol. The van der Waals surface area contributed by atoms with Gasteiger partial charge in [0.2, 0.25) is 5.95 Å². The first-order chi connectivity index (χ1) is 11.5. The second-order valence-electron chi connectivity index (χ2n) is 5.56. The van der Waals surface area contributed by atoms with E-state index in [2.05, 4.69) is 15.3 Å². The van der Waals surface area contributed by atoms with Crippen LogP contribution >= 0.6 is 0 Å². The van der Waals surface area contributed by atoms with Crippen LogP contribution in [0, 0.1) is 17.6 Å². The first-order valence-electron chi connectivity index (χ1n) is 7.56. The van der Waals surface area contributed by atoms with Gasteiger partial charge in [0.15, 0.2) is 0 Å². The Morgan fingerprint density at radius 1 is 1.21 bits per heavy atom. The molecule has 3 rings (SSSR count). The molecule has 1 aromatic carbocycles. The normalized spacial score (nSPS) is 15.3. The van der Waals surface area contributed by atoms with Crippen LogP contribution in [0.25, 0.3) is 0 Å². The van der Waals surface area contributed by atoms with Crippen LogP contribution in [-0.4, -0.2) is 34.1 Å². The highest BCUT2D eigenvalue weighted by atomic mass is 19.1. The average Bonchev–Trinajstić information content (AvgIpc) is 2.59. The zero-order valence-electron chi connectivity index (χ0n) is 12.7. The van der Waals surface area contributed by atoms with Crippen LogP contribution < -0.4 is 10.2 Å². The van der Waals surface area contributed by atoms with Crippen molar-refractivity contribution in [2.24, 2.45) is 5.92 Å². The van der Waals surface area contributed by atoms with Gasteiger partial charge in [-0.25, -0.2) is 13.8 Å². The van der Waals surface area contributed by atoms with E-state index in [0.29, 0.717) is 31.7 Å². The number of carbonyl (C=O) groups is 1. The molecule has 0 atom stereocenters. The Labute approximate surface area is 137 Å². The van der Waals surface area contributed by atoms with Gasteiger partial charge in [0.05, 0.1) is 5.92 Å². The fourth-order valence-electron chi connectivity index (χ4n) is 2.67. The minimum absolute atomic E-state index is 0.0804. The minimum Gasteiger partial charge on any atom is -0.481 e. The summed E-state index contributed by atoms with van der Waals surface area (Å²) >= 11 is 0. The van der Waals surface area contributed by atoms with Crippen molar-refractivity contribution in [2.75, 3.05) is 23.3 Å². The number of anilines is 3. The second kappa shape index (κ2) is 6.77. The van der Waals surface area contributed by atoms with Gasteiger partial charge in [0.1, 0.15) is 23.1 Å². The summed E-state index contributed by atoms with van der Waals surface area (Å²) in [7, 11) is 0. The molecule has 1 fully saturated rings. The number of carboxylic acids is 1. The fraction of sp³-hybridized carbons (Fsp3) is 0.312. The van der Waals surface area contributed by atoms with Gasteiger partial charge in [-0.3, -0.25) is 4.79 Å². The summed E-state index contributed by atoms with van der Waals surface area (Å²) in [6.07, 6.45) is 2.56. The molecule has 0 spiro atoms. The van der Waals surface area contributed by atoms with E-state index >= 15 is 0 Å². The van der Waals surface area contributed by atoms with Gasteiger partial charge in [-0.05, 0) is 31.0 Å². The Morgan fingerprint density at radius 2 is 1.88 bits per heavy atom. The van der Waals surface area contributed by atoms with Crippen molar-refractivity contribution < 1.29 is 18.7 Å². The summed E-state index contributed by atoms with van der Waals surface area (Å²) in [5.41, 5.74) is -0.306. The van der Waals surface area contributed by atoms with Gasteiger partial charge >= 0.3 is 5.97 Å². The minimum atomic E-state index is -0.783. The molecule has 24 heavy (non-hydrogen) atoms. The van der Waals surface area contributed by atoms with Gasteiger partial charge in [0.25, 0.3) is 0 Å². The number of hydrogen-bond donors (Lipinski definition) is 2. The molecule has 0 saturated carbocycles. The van der Waals surface area contributed by atoms with Gasteiger partial charge in [-0.1, -0.05) is 6.07 Å². The van der Waals surface area contributed by atoms with E-state index in [1.54, 1.807) is 6.07 Å². The van der Waals surface area contributed by atoms with Crippen LogP contribution in [-0.2, 0) is 4.79 Å². The van der Waals surface area contributed by atoms with Crippen LogP contribution in [0.5, 0.6) is 0 Å². The van der Waals surface area contributed by atoms with Crippen molar-refractivity contribution in [3.63, 3.8) is 0 Å². The van der Waals surface area contributed by atoms with Crippen molar-refractivity contribution in [1.82, 2.24) is 9.97 Å². The number of rotatable bonds is 4. The van der Waals surface area contributed by atoms with E-state index in [0.717, 1.165) is 12.1 Å². The van der Waals surface area contributed by atoms with E-state index in [4.69, 9.17) is 5.11 Å². The zero-order chi connectivity index (χ0) is 17.1. The molecule has 1 aliphatic rings. The van der Waals surface area contributed by atoms with Gasteiger partial charge in [-0.2, -0.15) is 4.98 Å². The quantitative estimate of drug-likeness (QED) is 0.895. The number of nitrogens with zero attached hydrogens (tertiary/aromatic N) is 3. The summed E-state index contributed by atoms with van der Waals surface area (Å²) in [6, 6.07) is 5.25. The molecule has 2 aromatic rings. The molecule has 2 N–H and O–H groups in total. The lowest BCUT2D eigenvalue weighted by Crippen LogP contribution is -2.36. The molecule has 0 amide bonds. The zero-order valence-corrected chi connectivity index (χ0v) is 12.7. The fourth-order valence-corrected chi connectivity index (χ4v) is 2.67. The summed E-state index contributed by atoms with van der Waals surface area (Å²) in [4.78, 5) is 21.2. The molecule has 6 nitrogen and oxygen atoms in total. The molecule has 1 aromatic heterocycles. The monoisotopic (exact) mass is 334 g/mol. The molecule has 1 aliphatic heterocycles. The van der Waals surface area contributed by atoms with Gasteiger partial charge < -0.3 is 15.3 Å². The van der Waals surface area contributed by atoms with Crippen molar-refractivity contribution in [3.8, 4) is 0 Å². The van der Waals surface area contributed by atoms with E-state index in [1.165, 1.54) is 12.3 Å². The summed E-state index contributed by atoms with van der Waals surface area (Å²) < 4.78 is 27.4. The van der Waals surface area contributed by atoms with Crippen LogP contribution in [0.4, 0.5) is 26.2 Å². The maximum Gasteiger partial charge on any atom is 0.306 e. The Hall–Kier alpha value is -2.77. The molecule has 0 unspecified atom stereocenters. The number of halogens is 2. The molecule has 8 heteroatoms. The van der Waals surface area contributed by atoms with E-state index in [-0.39, 0.29) is 17.6 Å².